The number of nitrogens with two attached hydrogens (primary N) is 3. The van der Waals surface area contributed by atoms with Gasteiger partial charge in [-0.15, -0.1) is 0 Å². The van der Waals surface area contributed by atoms with Gasteiger partial charge in [0, 0.05) is 18.4 Å². The van der Waals surface area contributed by atoms with Crippen LogP contribution >= 0.6 is 0 Å². The molecule has 0 aliphatic rings. The normalized spacial score (nSPS) is 11.1. The van der Waals surface area contributed by atoms with E-state index in [4.69, 9.17) is 42.0 Å². The average Bonchev–Trinajstić information content (AvgIpc) is 2.66. The minimum absolute atomic E-state index is 0.00458. The van der Waals surface area contributed by atoms with Crippen molar-refractivity contribution < 1.29 is 24.8 Å². The van der Waals surface area contributed by atoms with E-state index in [1.165, 1.54) is 0 Å². The minimum atomic E-state index is -0.896. The summed E-state index contributed by atoms with van der Waals surface area (Å²) in [5, 5.41) is 29.1. The van der Waals surface area contributed by atoms with Gasteiger partial charge in [0.2, 0.25) is 0 Å². The zero-order valence-electron chi connectivity index (χ0n) is 15.3. The number of rotatable bonds is 8. The Bertz CT molecular complexity index is 699. The van der Waals surface area contributed by atoms with Gasteiger partial charge in [-0.05, 0) is 36.4 Å². The van der Waals surface area contributed by atoms with Crippen molar-refractivity contribution in [1.29, 1.82) is 0 Å². The SMILES string of the molecule is CNc1ccc(OCCO)c(N)c1.Nc1ccc(OCC(O)CO)c(N)c1. The highest BCUT2D eigenvalue weighted by atomic mass is 16.5. The van der Waals surface area contributed by atoms with Crippen LogP contribution in [0.4, 0.5) is 22.7 Å². The van der Waals surface area contributed by atoms with Crippen LogP contribution in [0, 0.1) is 0 Å². The molecule has 9 nitrogen and oxygen atoms in total. The molecule has 0 amide bonds. The molecule has 9 heteroatoms. The van der Waals surface area contributed by atoms with Crippen LogP contribution in [0.3, 0.4) is 0 Å². The van der Waals surface area contributed by atoms with Gasteiger partial charge < -0.3 is 47.3 Å². The number of nitrogens with one attached hydrogen (secondary N) is 1. The van der Waals surface area contributed by atoms with Crippen LogP contribution in [0.25, 0.3) is 0 Å². The molecule has 0 aliphatic carbocycles. The van der Waals surface area contributed by atoms with E-state index in [9.17, 15) is 0 Å². The second-order valence-corrected chi connectivity index (χ2v) is 5.52. The first-order chi connectivity index (χ1) is 12.9. The summed E-state index contributed by atoms with van der Waals surface area (Å²) in [6, 6.07) is 10.3. The van der Waals surface area contributed by atoms with E-state index in [1.54, 1.807) is 30.3 Å². The average molecular weight is 380 g/mol. The van der Waals surface area contributed by atoms with Gasteiger partial charge >= 0.3 is 0 Å². The molecule has 1 atom stereocenters. The number of aliphatic hydroxyl groups is 3. The highest BCUT2D eigenvalue weighted by molar-refractivity contribution is 5.62. The van der Waals surface area contributed by atoms with Gasteiger partial charge in [-0.2, -0.15) is 0 Å². The van der Waals surface area contributed by atoms with E-state index >= 15 is 0 Å². The third-order valence-electron chi connectivity index (χ3n) is 3.32. The number of nitrogen functional groups attached to an aromatic ring is 3. The zero-order valence-corrected chi connectivity index (χ0v) is 15.3. The smallest absolute Gasteiger partial charge is 0.142 e. The van der Waals surface area contributed by atoms with Gasteiger partial charge in [0.25, 0.3) is 0 Å². The Hall–Kier alpha value is -2.88. The van der Waals surface area contributed by atoms with Gasteiger partial charge in [0.15, 0.2) is 0 Å². The molecule has 0 bridgehead atoms. The lowest BCUT2D eigenvalue weighted by molar-refractivity contribution is 0.0538. The molecule has 10 N–H and O–H groups in total. The summed E-state index contributed by atoms with van der Waals surface area (Å²) in [4.78, 5) is 0. The second-order valence-electron chi connectivity index (χ2n) is 5.52. The first kappa shape index (κ1) is 22.2. The standard InChI is InChI=1S/C9H14N2O3.C9H14N2O2/c10-6-1-2-9(8(11)3-6)14-5-7(13)4-12;1-11-7-2-3-9(8(10)6-7)13-5-4-12/h1-3,7,12-13H,4-5,10-11H2;2-3,6,11-12H,4-5,10H2,1H3. The van der Waals surface area contributed by atoms with Crippen LogP contribution < -0.4 is 32.0 Å². The van der Waals surface area contributed by atoms with E-state index in [0.29, 0.717) is 28.6 Å². The van der Waals surface area contributed by atoms with Crippen LogP contribution in [0.15, 0.2) is 36.4 Å². The van der Waals surface area contributed by atoms with Gasteiger partial charge in [0.05, 0.1) is 24.6 Å². The van der Waals surface area contributed by atoms with Crippen LogP contribution in [-0.2, 0) is 0 Å². The predicted octanol–water partition coefficient (Wildman–Crippen LogP) is 0.265. The fourth-order valence-electron chi connectivity index (χ4n) is 1.93. The Morgan fingerprint density at radius 2 is 1.59 bits per heavy atom. The Balaban J connectivity index is 0.000000271. The number of hydrogen-bond donors (Lipinski definition) is 7. The highest BCUT2D eigenvalue weighted by Gasteiger charge is 2.05. The molecule has 2 aromatic carbocycles. The molecule has 0 saturated carbocycles. The van der Waals surface area contributed by atoms with E-state index in [-0.39, 0.29) is 26.4 Å². The number of benzene rings is 2. The number of hydrogen-bond acceptors (Lipinski definition) is 9. The first-order valence-corrected chi connectivity index (χ1v) is 8.28. The van der Waals surface area contributed by atoms with Crippen LogP contribution in [0.5, 0.6) is 11.5 Å². The van der Waals surface area contributed by atoms with Crippen molar-refractivity contribution in [3.63, 3.8) is 0 Å². The van der Waals surface area contributed by atoms with E-state index in [1.807, 2.05) is 13.1 Å². The Morgan fingerprint density at radius 1 is 0.963 bits per heavy atom. The molecule has 1 unspecified atom stereocenters. The van der Waals surface area contributed by atoms with Crippen molar-refractivity contribution in [1.82, 2.24) is 0 Å². The third kappa shape index (κ3) is 7.90. The van der Waals surface area contributed by atoms with Crippen molar-refractivity contribution in [2.45, 2.75) is 6.10 Å². The number of ether oxygens (including phenoxy) is 2. The molecule has 150 valence electrons. The minimum Gasteiger partial charge on any atom is -0.489 e. The maximum Gasteiger partial charge on any atom is 0.142 e. The van der Waals surface area contributed by atoms with E-state index < -0.39 is 6.10 Å². The van der Waals surface area contributed by atoms with Gasteiger partial charge in [-0.1, -0.05) is 0 Å². The summed E-state index contributed by atoms with van der Waals surface area (Å²) in [6.07, 6.45) is -0.896. The number of aliphatic hydroxyl groups excluding tert-OH is 3. The summed E-state index contributed by atoms with van der Waals surface area (Å²) in [5.74, 6) is 1.06. The summed E-state index contributed by atoms with van der Waals surface area (Å²) in [6.45, 7) is -0.0736. The second kappa shape index (κ2) is 11.7. The summed E-state index contributed by atoms with van der Waals surface area (Å²) >= 11 is 0. The third-order valence-corrected chi connectivity index (χ3v) is 3.32. The maximum atomic E-state index is 9.02. The molecule has 2 aromatic rings. The Kier molecular flexibility index (Phi) is 9.59. The highest BCUT2D eigenvalue weighted by Crippen LogP contribution is 2.24. The predicted molar refractivity (Wildman–Crippen MR) is 107 cm³/mol. The van der Waals surface area contributed by atoms with Crippen molar-refractivity contribution in [3.05, 3.63) is 36.4 Å². The van der Waals surface area contributed by atoms with E-state index in [2.05, 4.69) is 5.32 Å². The monoisotopic (exact) mass is 380 g/mol. The van der Waals surface area contributed by atoms with E-state index in [0.717, 1.165) is 5.69 Å². The molecule has 0 aliphatic heterocycles. The van der Waals surface area contributed by atoms with Crippen molar-refractivity contribution >= 4 is 22.7 Å². The Labute approximate surface area is 158 Å². The lowest BCUT2D eigenvalue weighted by Gasteiger charge is -2.11. The largest absolute Gasteiger partial charge is 0.489 e. The first-order valence-electron chi connectivity index (χ1n) is 8.28. The molecular formula is C18H28N4O5. The molecule has 0 aromatic heterocycles. The van der Waals surface area contributed by atoms with Crippen LogP contribution in [0.1, 0.15) is 0 Å². The van der Waals surface area contributed by atoms with Crippen molar-refractivity contribution in [3.8, 4) is 11.5 Å². The lowest BCUT2D eigenvalue weighted by atomic mass is 10.2. The molecule has 0 saturated heterocycles. The molecule has 2 rings (SSSR count). The summed E-state index contributed by atoms with van der Waals surface area (Å²) in [7, 11) is 1.82. The molecule has 0 spiro atoms. The molecule has 0 radical (unpaired) electrons. The summed E-state index contributed by atoms with van der Waals surface area (Å²) < 4.78 is 10.3. The maximum absolute atomic E-state index is 9.02. The number of anilines is 4. The van der Waals surface area contributed by atoms with Crippen molar-refractivity contribution in [2.24, 2.45) is 0 Å². The van der Waals surface area contributed by atoms with Gasteiger partial charge in [-0.25, -0.2) is 0 Å². The van der Waals surface area contributed by atoms with Crippen LogP contribution in [-0.4, -0.2) is 54.9 Å². The zero-order chi connectivity index (χ0) is 20.2. The fourth-order valence-corrected chi connectivity index (χ4v) is 1.93. The lowest BCUT2D eigenvalue weighted by Crippen LogP contribution is -2.21. The van der Waals surface area contributed by atoms with Gasteiger partial charge in [0.1, 0.15) is 30.8 Å². The molecule has 0 heterocycles. The van der Waals surface area contributed by atoms with Gasteiger partial charge in [-0.3, -0.25) is 0 Å². The molecular weight excluding hydrogens is 352 g/mol. The molecule has 27 heavy (non-hydrogen) atoms. The fraction of sp³-hybridized carbons (Fsp3) is 0.333. The molecule has 0 fully saturated rings. The van der Waals surface area contributed by atoms with Crippen LogP contribution in [0.2, 0.25) is 0 Å². The topological polar surface area (TPSA) is 169 Å². The van der Waals surface area contributed by atoms with Crippen molar-refractivity contribution in [2.75, 3.05) is 56.0 Å². The summed E-state index contributed by atoms with van der Waals surface area (Å²) in [5.41, 5.74) is 19.2. The Morgan fingerprint density at radius 3 is 2.15 bits per heavy atom. The quantitative estimate of drug-likeness (QED) is 0.318.